The largest absolute Gasteiger partial charge is 0.484 e. The molecule has 0 bridgehead atoms. The smallest absolute Gasteiger partial charge is 0.258 e. The van der Waals surface area contributed by atoms with E-state index in [1.165, 1.54) is 0 Å². The first-order valence-electron chi connectivity index (χ1n) is 6.10. The van der Waals surface area contributed by atoms with Gasteiger partial charge in [0.1, 0.15) is 5.75 Å². The molecule has 0 aliphatic rings. The Kier molecular flexibility index (Phi) is 5.20. The van der Waals surface area contributed by atoms with Crippen LogP contribution in [0.2, 0.25) is 5.02 Å². The lowest BCUT2D eigenvalue weighted by atomic mass is 9.99. The lowest BCUT2D eigenvalue weighted by Gasteiger charge is -2.29. The van der Waals surface area contributed by atoms with Crippen molar-refractivity contribution in [2.75, 3.05) is 6.61 Å². The van der Waals surface area contributed by atoms with Gasteiger partial charge in [-0.05, 0) is 51.5 Å². The zero-order chi connectivity index (χ0) is 14.6. The predicted octanol–water partition coefficient (Wildman–Crippen LogP) is 2.30. The molecule has 1 aromatic carbocycles. The Morgan fingerprint density at radius 3 is 2.68 bits per heavy atom. The molecule has 1 rings (SSSR count). The van der Waals surface area contributed by atoms with Crippen LogP contribution >= 0.6 is 11.6 Å². The number of halogens is 1. The Hall–Kier alpha value is -1.26. The summed E-state index contributed by atoms with van der Waals surface area (Å²) >= 11 is 5.84. The molecule has 1 unspecified atom stereocenters. The maximum Gasteiger partial charge on any atom is 0.258 e. The zero-order valence-corrected chi connectivity index (χ0v) is 12.4. The normalized spacial score (nSPS) is 12.9. The van der Waals surface area contributed by atoms with Crippen molar-refractivity contribution >= 4 is 17.5 Å². The summed E-state index contributed by atoms with van der Waals surface area (Å²) in [5, 5.41) is 12.9. The molecule has 0 saturated heterocycles. The summed E-state index contributed by atoms with van der Waals surface area (Å²) < 4.78 is 5.43. The number of ether oxygens (including phenoxy) is 1. The van der Waals surface area contributed by atoms with Crippen LogP contribution in [0.4, 0.5) is 0 Å². The molecule has 1 atom stereocenters. The number of benzene rings is 1. The first-order valence-corrected chi connectivity index (χ1v) is 6.48. The van der Waals surface area contributed by atoms with E-state index in [0.717, 1.165) is 5.56 Å². The van der Waals surface area contributed by atoms with Crippen LogP contribution in [-0.2, 0) is 4.79 Å². The van der Waals surface area contributed by atoms with Gasteiger partial charge in [0.15, 0.2) is 6.61 Å². The van der Waals surface area contributed by atoms with Crippen molar-refractivity contribution < 1.29 is 14.6 Å². The van der Waals surface area contributed by atoms with Gasteiger partial charge in [0, 0.05) is 5.02 Å². The molecule has 0 aliphatic heterocycles. The summed E-state index contributed by atoms with van der Waals surface area (Å²) in [6, 6.07) is 5.21. The van der Waals surface area contributed by atoms with Crippen LogP contribution in [0, 0.1) is 6.92 Å². The topological polar surface area (TPSA) is 58.6 Å². The first-order chi connectivity index (χ1) is 8.72. The molecule has 106 valence electrons. The minimum Gasteiger partial charge on any atom is -0.484 e. The summed E-state index contributed by atoms with van der Waals surface area (Å²) in [6.07, 6.45) is -0.645. The van der Waals surface area contributed by atoms with E-state index in [4.69, 9.17) is 16.3 Å². The second-order valence-corrected chi connectivity index (χ2v) is 5.58. The zero-order valence-electron chi connectivity index (χ0n) is 11.7. The third kappa shape index (κ3) is 4.73. The van der Waals surface area contributed by atoms with Crippen LogP contribution < -0.4 is 10.1 Å². The molecule has 1 amide bonds. The molecule has 5 heteroatoms. The Labute approximate surface area is 118 Å². The van der Waals surface area contributed by atoms with Crippen LogP contribution in [0.1, 0.15) is 26.3 Å². The molecular formula is C14H20ClNO3. The highest BCUT2D eigenvalue weighted by Crippen LogP contribution is 2.21. The molecule has 0 aromatic heterocycles. The standard InChI is InChI=1S/C14H20ClNO3/c1-9-7-11(15)5-6-12(9)19-8-13(18)16-14(3,4)10(2)17/h5-7,10,17H,8H2,1-4H3,(H,16,18). The highest BCUT2D eigenvalue weighted by atomic mass is 35.5. The van der Waals surface area contributed by atoms with Crippen molar-refractivity contribution in [3.63, 3.8) is 0 Å². The molecule has 0 spiro atoms. The van der Waals surface area contributed by atoms with Crippen molar-refractivity contribution in [2.24, 2.45) is 0 Å². The molecule has 19 heavy (non-hydrogen) atoms. The van der Waals surface area contributed by atoms with Crippen molar-refractivity contribution in [3.05, 3.63) is 28.8 Å². The molecule has 0 radical (unpaired) electrons. The molecule has 0 aliphatic carbocycles. The van der Waals surface area contributed by atoms with Crippen LogP contribution in [0.5, 0.6) is 5.75 Å². The number of carbonyl (C=O) groups is 1. The number of hydrogen-bond donors (Lipinski definition) is 2. The number of nitrogens with one attached hydrogen (secondary N) is 1. The molecule has 4 nitrogen and oxygen atoms in total. The van der Waals surface area contributed by atoms with Gasteiger partial charge in [-0.25, -0.2) is 0 Å². The van der Waals surface area contributed by atoms with Gasteiger partial charge < -0.3 is 15.2 Å². The van der Waals surface area contributed by atoms with E-state index >= 15 is 0 Å². The highest BCUT2D eigenvalue weighted by molar-refractivity contribution is 6.30. The summed E-state index contributed by atoms with van der Waals surface area (Å²) in [5.41, 5.74) is 0.185. The number of aryl methyl sites for hydroxylation is 1. The van der Waals surface area contributed by atoms with Crippen LogP contribution in [0.15, 0.2) is 18.2 Å². The quantitative estimate of drug-likeness (QED) is 0.873. The summed E-state index contributed by atoms with van der Waals surface area (Å²) in [7, 11) is 0. The Morgan fingerprint density at radius 1 is 1.53 bits per heavy atom. The van der Waals surface area contributed by atoms with Gasteiger partial charge in [0.25, 0.3) is 5.91 Å². The minimum atomic E-state index is -0.685. The fourth-order valence-corrected chi connectivity index (χ4v) is 1.64. The minimum absolute atomic E-state index is 0.0986. The third-order valence-electron chi connectivity index (χ3n) is 3.00. The molecular weight excluding hydrogens is 266 g/mol. The summed E-state index contributed by atoms with van der Waals surface area (Å²) in [5.74, 6) is 0.342. The Balaban J connectivity index is 2.55. The second-order valence-electron chi connectivity index (χ2n) is 5.14. The number of amides is 1. The number of aliphatic hydroxyl groups is 1. The van der Waals surface area contributed by atoms with Gasteiger partial charge in [0.05, 0.1) is 11.6 Å². The van der Waals surface area contributed by atoms with E-state index < -0.39 is 11.6 Å². The van der Waals surface area contributed by atoms with Gasteiger partial charge in [-0.1, -0.05) is 11.6 Å². The van der Waals surface area contributed by atoms with E-state index in [1.807, 2.05) is 6.92 Å². The fraction of sp³-hybridized carbons (Fsp3) is 0.500. The van der Waals surface area contributed by atoms with E-state index in [9.17, 15) is 9.90 Å². The van der Waals surface area contributed by atoms with Gasteiger partial charge in [-0.2, -0.15) is 0 Å². The monoisotopic (exact) mass is 285 g/mol. The van der Waals surface area contributed by atoms with Crippen molar-refractivity contribution in [2.45, 2.75) is 39.3 Å². The van der Waals surface area contributed by atoms with E-state index in [-0.39, 0.29) is 12.5 Å². The van der Waals surface area contributed by atoms with Gasteiger partial charge in [-0.3, -0.25) is 4.79 Å². The average molecular weight is 286 g/mol. The lowest BCUT2D eigenvalue weighted by molar-refractivity contribution is -0.126. The molecule has 0 heterocycles. The van der Waals surface area contributed by atoms with E-state index in [0.29, 0.717) is 10.8 Å². The van der Waals surface area contributed by atoms with Crippen molar-refractivity contribution in [1.82, 2.24) is 5.32 Å². The number of aliphatic hydroxyl groups excluding tert-OH is 1. The SMILES string of the molecule is Cc1cc(Cl)ccc1OCC(=O)NC(C)(C)C(C)O. The number of carbonyl (C=O) groups excluding carboxylic acids is 1. The maximum absolute atomic E-state index is 11.7. The van der Waals surface area contributed by atoms with Crippen LogP contribution in [0.25, 0.3) is 0 Å². The number of rotatable bonds is 5. The van der Waals surface area contributed by atoms with Crippen LogP contribution in [0.3, 0.4) is 0 Å². The van der Waals surface area contributed by atoms with Gasteiger partial charge in [0.2, 0.25) is 0 Å². The average Bonchev–Trinajstić information content (AvgIpc) is 2.27. The third-order valence-corrected chi connectivity index (χ3v) is 3.24. The second kappa shape index (κ2) is 6.26. The predicted molar refractivity (Wildman–Crippen MR) is 75.6 cm³/mol. The maximum atomic E-state index is 11.7. The van der Waals surface area contributed by atoms with E-state index in [2.05, 4.69) is 5.32 Å². The highest BCUT2D eigenvalue weighted by Gasteiger charge is 2.26. The molecule has 0 fully saturated rings. The van der Waals surface area contributed by atoms with Crippen LogP contribution in [-0.4, -0.2) is 29.3 Å². The van der Waals surface area contributed by atoms with Gasteiger partial charge in [-0.15, -0.1) is 0 Å². The molecule has 2 N–H and O–H groups in total. The van der Waals surface area contributed by atoms with Crippen molar-refractivity contribution in [3.8, 4) is 5.75 Å². The molecule has 1 aromatic rings. The Bertz CT molecular complexity index is 458. The fourth-order valence-electron chi connectivity index (χ4n) is 1.42. The van der Waals surface area contributed by atoms with Crippen molar-refractivity contribution in [1.29, 1.82) is 0 Å². The lowest BCUT2D eigenvalue weighted by Crippen LogP contribution is -2.52. The van der Waals surface area contributed by atoms with E-state index in [1.54, 1.807) is 39.0 Å². The van der Waals surface area contributed by atoms with Gasteiger partial charge >= 0.3 is 0 Å². The number of hydrogen-bond acceptors (Lipinski definition) is 3. The first kappa shape index (κ1) is 15.8. The Morgan fingerprint density at radius 2 is 2.16 bits per heavy atom. The summed E-state index contributed by atoms with van der Waals surface area (Å²) in [4.78, 5) is 11.7. The summed E-state index contributed by atoms with van der Waals surface area (Å²) in [6.45, 7) is 6.90. The molecule has 0 saturated carbocycles.